The highest BCUT2D eigenvalue weighted by Gasteiger charge is 2.34. The number of nitrogens with zero attached hydrogens (tertiary/aromatic N) is 1. The van der Waals surface area contributed by atoms with Gasteiger partial charge in [0.1, 0.15) is 16.7 Å². The van der Waals surface area contributed by atoms with Crippen molar-refractivity contribution in [2.24, 2.45) is 5.92 Å². The molecule has 0 aromatic carbocycles. The van der Waals surface area contributed by atoms with Crippen LogP contribution in [0.4, 0.5) is 9.18 Å². The Hall–Kier alpha value is -1.12. The van der Waals surface area contributed by atoms with Crippen molar-refractivity contribution in [3.8, 4) is 0 Å². The van der Waals surface area contributed by atoms with Gasteiger partial charge in [0.05, 0.1) is 19.3 Å². The molecule has 0 saturated carbocycles. The molecule has 1 amide bonds. The van der Waals surface area contributed by atoms with Crippen molar-refractivity contribution < 1.29 is 27.1 Å². The van der Waals surface area contributed by atoms with Crippen LogP contribution in [-0.2, 0) is 18.5 Å². The topological polar surface area (TPSA) is 72.9 Å². The predicted molar refractivity (Wildman–Crippen MR) is 92.5 cm³/mol. The first-order chi connectivity index (χ1) is 11.5. The zero-order chi connectivity index (χ0) is 18.8. The van der Waals surface area contributed by atoms with Crippen molar-refractivity contribution in [3.05, 3.63) is 24.1 Å². The molecule has 2 aliphatic rings. The lowest BCUT2D eigenvalue weighted by molar-refractivity contribution is 0.0181. The van der Waals surface area contributed by atoms with Crippen LogP contribution in [0.5, 0.6) is 0 Å². The van der Waals surface area contributed by atoms with Gasteiger partial charge in [0, 0.05) is 23.1 Å². The summed E-state index contributed by atoms with van der Waals surface area (Å²) in [5.74, 6) is -1.23. The fraction of sp³-hybridized carbons (Fsp3) is 0.688. The molecular weight excluding hydrogens is 373 g/mol. The zero-order valence-electron chi connectivity index (χ0n) is 14.4. The summed E-state index contributed by atoms with van der Waals surface area (Å²) in [5.41, 5.74) is -0.575. The minimum Gasteiger partial charge on any atom is -0.444 e. The maximum Gasteiger partial charge on any atom is 0.410 e. The molecule has 25 heavy (non-hydrogen) atoms. The molecule has 9 heteroatoms. The molecule has 0 N–H and O–H groups in total. The summed E-state index contributed by atoms with van der Waals surface area (Å²) in [6.07, 6.45) is 3.45. The molecule has 1 fully saturated rings. The highest BCUT2D eigenvalue weighted by atomic mass is 35.7. The van der Waals surface area contributed by atoms with Gasteiger partial charge in [-0.3, -0.25) is 0 Å². The van der Waals surface area contributed by atoms with E-state index < -0.39 is 37.7 Å². The van der Waals surface area contributed by atoms with Crippen LogP contribution in [0.15, 0.2) is 24.1 Å². The molecule has 3 unspecified atom stereocenters. The third-order valence-electron chi connectivity index (χ3n) is 3.89. The lowest BCUT2D eigenvalue weighted by Crippen LogP contribution is -2.36. The van der Waals surface area contributed by atoms with E-state index in [9.17, 15) is 17.6 Å². The Balaban J connectivity index is 1.89. The van der Waals surface area contributed by atoms with Crippen LogP contribution in [0.25, 0.3) is 0 Å². The van der Waals surface area contributed by atoms with Crippen molar-refractivity contribution >= 4 is 25.8 Å². The summed E-state index contributed by atoms with van der Waals surface area (Å²) in [4.78, 5) is 13.6. The minimum absolute atomic E-state index is 0.00119. The molecule has 0 aromatic heterocycles. The van der Waals surface area contributed by atoms with Gasteiger partial charge in [-0.05, 0) is 39.3 Å². The number of ether oxygens (including phenoxy) is 2. The van der Waals surface area contributed by atoms with Crippen molar-refractivity contribution in [2.75, 3.05) is 19.7 Å². The van der Waals surface area contributed by atoms with Crippen LogP contribution >= 0.6 is 10.7 Å². The highest BCUT2D eigenvalue weighted by Crippen LogP contribution is 2.27. The summed E-state index contributed by atoms with van der Waals surface area (Å²) in [7, 11) is 1.54. The molecule has 6 nitrogen and oxygen atoms in total. The summed E-state index contributed by atoms with van der Waals surface area (Å²) in [6.45, 7) is 6.21. The van der Waals surface area contributed by atoms with Gasteiger partial charge in [-0.25, -0.2) is 17.6 Å². The Bertz CT molecular complexity index is 671. The van der Waals surface area contributed by atoms with E-state index in [4.69, 9.17) is 20.2 Å². The van der Waals surface area contributed by atoms with Gasteiger partial charge < -0.3 is 14.4 Å². The largest absolute Gasteiger partial charge is 0.444 e. The monoisotopic (exact) mass is 395 g/mol. The molecule has 1 saturated heterocycles. The number of carbonyl (C=O) groups is 1. The van der Waals surface area contributed by atoms with E-state index in [2.05, 4.69) is 0 Å². The summed E-state index contributed by atoms with van der Waals surface area (Å²) in [6, 6.07) is 0. The second-order valence-electron chi connectivity index (χ2n) is 7.19. The average Bonchev–Trinajstić information content (AvgIpc) is 2.91. The number of likely N-dealkylation sites (tertiary alicyclic amines) is 1. The average molecular weight is 396 g/mol. The first-order valence-corrected chi connectivity index (χ1v) is 10.4. The van der Waals surface area contributed by atoms with Crippen LogP contribution in [0, 0.1) is 5.92 Å². The van der Waals surface area contributed by atoms with Gasteiger partial charge in [0.2, 0.25) is 9.05 Å². The van der Waals surface area contributed by atoms with E-state index >= 15 is 0 Å². The maximum absolute atomic E-state index is 13.4. The van der Waals surface area contributed by atoms with E-state index in [1.54, 1.807) is 25.7 Å². The Morgan fingerprint density at radius 1 is 1.44 bits per heavy atom. The van der Waals surface area contributed by atoms with Crippen molar-refractivity contribution in [2.45, 2.75) is 44.1 Å². The number of hydrogen-bond acceptors (Lipinski definition) is 5. The first kappa shape index (κ1) is 20.2. The minimum atomic E-state index is -3.88. The molecular formula is C16H23ClFNO5S. The Morgan fingerprint density at radius 3 is 2.72 bits per heavy atom. The Labute approximate surface area is 152 Å². The fourth-order valence-corrected chi connectivity index (χ4v) is 4.15. The third kappa shape index (κ3) is 5.97. The quantitative estimate of drug-likeness (QED) is 0.684. The van der Waals surface area contributed by atoms with E-state index in [1.807, 2.05) is 0 Å². The molecule has 1 aliphatic carbocycles. The standard InChI is InChI=1S/C16H23ClFNO5S/c1-16(2,3)24-15(20)19-7-6-13(9-19)23-10-11-8-12(18)4-5-14(11)25(17,21)22/h4-5,8,11,13-14H,6-7,9-10H2,1-3H3. The van der Waals surface area contributed by atoms with E-state index in [-0.39, 0.29) is 12.7 Å². The number of hydrogen-bond donors (Lipinski definition) is 0. The zero-order valence-corrected chi connectivity index (χ0v) is 16.0. The van der Waals surface area contributed by atoms with Gasteiger partial charge in [0.25, 0.3) is 0 Å². The Morgan fingerprint density at radius 2 is 2.12 bits per heavy atom. The maximum atomic E-state index is 13.4. The van der Waals surface area contributed by atoms with Crippen LogP contribution < -0.4 is 0 Å². The Kier molecular flexibility index (Phi) is 6.17. The van der Waals surface area contributed by atoms with Crippen LogP contribution in [0.1, 0.15) is 27.2 Å². The molecule has 3 atom stereocenters. The van der Waals surface area contributed by atoms with Gasteiger partial charge in [-0.2, -0.15) is 0 Å². The van der Waals surface area contributed by atoms with Crippen LogP contribution in [0.3, 0.4) is 0 Å². The lowest BCUT2D eigenvalue weighted by atomic mass is 10.0. The summed E-state index contributed by atoms with van der Waals surface area (Å²) < 4.78 is 47.7. The predicted octanol–water partition coefficient (Wildman–Crippen LogP) is 2.99. The molecule has 0 aromatic rings. The molecule has 1 heterocycles. The SMILES string of the molecule is CC(C)(C)OC(=O)N1CCC(OCC2C=C(F)C=CC2S(=O)(=O)Cl)C1. The van der Waals surface area contributed by atoms with Gasteiger partial charge in [-0.15, -0.1) is 0 Å². The van der Waals surface area contributed by atoms with Crippen molar-refractivity contribution in [1.29, 1.82) is 0 Å². The first-order valence-electron chi connectivity index (χ1n) is 8.04. The van der Waals surface area contributed by atoms with Gasteiger partial charge in [-0.1, -0.05) is 6.08 Å². The number of halogens is 2. The normalized spacial score (nSPS) is 27.3. The molecule has 142 valence electrons. The smallest absolute Gasteiger partial charge is 0.410 e. The van der Waals surface area contributed by atoms with Crippen LogP contribution in [-0.4, -0.2) is 56.1 Å². The summed E-state index contributed by atoms with van der Waals surface area (Å²) >= 11 is 0. The second kappa shape index (κ2) is 7.63. The number of rotatable bonds is 4. The lowest BCUT2D eigenvalue weighted by Gasteiger charge is -2.25. The molecule has 0 spiro atoms. The second-order valence-corrected chi connectivity index (χ2v) is 9.97. The summed E-state index contributed by atoms with van der Waals surface area (Å²) in [5, 5.41) is -1.03. The highest BCUT2D eigenvalue weighted by molar-refractivity contribution is 8.14. The van der Waals surface area contributed by atoms with E-state index in [1.165, 1.54) is 12.2 Å². The number of carbonyl (C=O) groups excluding carboxylic acids is 1. The van der Waals surface area contributed by atoms with E-state index in [0.717, 1.165) is 6.08 Å². The van der Waals surface area contributed by atoms with Crippen molar-refractivity contribution in [3.63, 3.8) is 0 Å². The van der Waals surface area contributed by atoms with E-state index in [0.29, 0.717) is 19.5 Å². The van der Waals surface area contributed by atoms with Gasteiger partial charge in [0.15, 0.2) is 0 Å². The number of amides is 1. The van der Waals surface area contributed by atoms with Crippen molar-refractivity contribution in [1.82, 2.24) is 4.90 Å². The molecule has 0 bridgehead atoms. The third-order valence-corrected chi connectivity index (χ3v) is 5.66. The molecule has 2 rings (SSSR count). The molecule has 0 radical (unpaired) electrons. The van der Waals surface area contributed by atoms with Gasteiger partial charge >= 0.3 is 6.09 Å². The van der Waals surface area contributed by atoms with Crippen LogP contribution in [0.2, 0.25) is 0 Å². The fourth-order valence-electron chi connectivity index (χ4n) is 2.73. The number of allylic oxidation sites excluding steroid dienone is 2. The molecule has 1 aliphatic heterocycles.